The van der Waals surface area contributed by atoms with E-state index >= 15 is 0 Å². The van der Waals surface area contributed by atoms with Gasteiger partial charge >= 0.3 is 11.5 Å². The Morgan fingerprint density at radius 1 is 1.21 bits per heavy atom. The molecular formula is C19H15F3N2O3S. The van der Waals surface area contributed by atoms with Crippen LogP contribution in [0.25, 0.3) is 0 Å². The maximum absolute atomic E-state index is 12.4. The Morgan fingerprint density at radius 2 is 1.89 bits per heavy atom. The van der Waals surface area contributed by atoms with E-state index in [1.807, 2.05) is 0 Å². The van der Waals surface area contributed by atoms with Crippen LogP contribution in [0.1, 0.15) is 33.2 Å². The number of amides is 1. The Balaban J connectivity index is 1.98. The van der Waals surface area contributed by atoms with Crippen LogP contribution in [-0.2, 0) is 4.74 Å². The molecule has 0 heterocycles. The van der Waals surface area contributed by atoms with Crippen molar-refractivity contribution in [1.29, 1.82) is 5.26 Å². The van der Waals surface area contributed by atoms with Crippen molar-refractivity contribution in [3.05, 3.63) is 65.2 Å². The number of esters is 1. The van der Waals surface area contributed by atoms with Crippen LogP contribution in [0.15, 0.2) is 53.4 Å². The van der Waals surface area contributed by atoms with E-state index in [9.17, 15) is 22.8 Å². The predicted octanol–water partition coefficient (Wildman–Crippen LogP) is 4.15. The van der Waals surface area contributed by atoms with Crippen LogP contribution in [0.2, 0.25) is 0 Å². The molecule has 0 aliphatic rings. The minimum absolute atomic E-state index is 0.0599. The average molecular weight is 408 g/mol. The number of thioether (sulfide) groups is 1. The predicted molar refractivity (Wildman–Crippen MR) is 96.7 cm³/mol. The summed E-state index contributed by atoms with van der Waals surface area (Å²) in [6.07, 6.45) is 0. The molecule has 0 aromatic heterocycles. The number of carbonyl (C=O) groups excluding carboxylic acids is 2. The molecule has 1 unspecified atom stereocenters. The highest BCUT2D eigenvalue weighted by Gasteiger charge is 2.29. The molecule has 146 valence electrons. The first kappa shape index (κ1) is 21.3. The maximum atomic E-state index is 12.4. The number of nitrogens with one attached hydrogen (secondary N) is 1. The van der Waals surface area contributed by atoms with Gasteiger partial charge in [0.1, 0.15) is 6.61 Å². The second-order valence-electron chi connectivity index (χ2n) is 5.71. The number of rotatable bonds is 6. The second-order valence-corrected chi connectivity index (χ2v) is 6.84. The zero-order valence-electron chi connectivity index (χ0n) is 14.6. The number of nitrogens with zero attached hydrogens (tertiary/aromatic N) is 1. The van der Waals surface area contributed by atoms with Gasteiger partial charge < -0.3 is 10.1 Å². The third-order valence-corrected chi connectivity index (χ3v) is 4.16. The fraction of sp³-hybridized carbons (Fsp3) is 0.211. The summed E-state index contributed by atoms with van der Waals surface area (Å²) in [7, 11) is 0. The fourth-order valence-corrected chi connectivity index (χ4v) is 2.79. The molecule has 28 heavy (non-hydrogen) atoms. The average Bonchev–Trinajstić information content (AvgIpc) is 2.65. The SMILES string of the molecule is CC(COC(=O)c1ccccc1)NC(=O)c1ccc(SC(F)(F)F)cc1C#N. The molecule has 2 rings (SSSR count). The molecule has 0 aliphatic carbocycles. The summed E-state index contributed by atoms with van der Waals surface area (Å²) >= 11 is -0.366. The quantitative estimate of drug-likeness (QED) is 0.574. The van der Waals surface area contributed by atoms with Crippen molar-refractivity contribution in [3.8, 4) is 6.07 Å². The van der Waals surface area contributed by atoms with E-state index in [4.69, 9.17) is 10.00 Å². The van der Waals surface area contributed by atoms with Gasteiger partial charge in [0.2, 0.25) is 0 Å². The van der Waals surface area contributed by atoms with E-state index < -0.39 is 23.4 Å². The molecule has 1 amide bonds. The zero-order chi connectivity index (χ0) is 20.7. The van der Waals surface area contributed by atoms with Crippen LogP contribution >= 0.6 is 11.8 Å². The van der Waals surface area contributed by atoms with Crippen molar-refractivity contribution in [2.75, 3.05) is 6.61 Å². The summed E-state index contributed by atoms with van der Waals surface area (Å²) < 4.78 is 42.4. The molecule has 0 saturated carbocycles. The maximum Gasteiger partial charge on any atom is 0.446 e. The van der Waals surface area contributed by atoms with Crippen molar-refractivity contribution < 1.29 is 27.5 Å². The number of benzene rings is 2. The lowest BCUT2D eigenvalue weighted by Gasteiger charge is -2.15. The lowest BCUT2D eigenvalue weighted by Crippen LogP contribution is -2.36. The van der Waals surface area contributed by atoms with Crippen molar-refractivity contribution in [2.45, 2.75) is 23.4 Å². The third kappa shape index (κ3) is 6.32. The van der Waals surface area contributed by atoms with Crippen molar-refractivity contribution in [3.63, 3.8) is 0 Å². The first-order valence-corrected chi connectivity index (χ1v) is 8.84. The van der Waals surface area contributed by atoms with E-state index in [2.05, 4.69) is 5.32 Å². The fourth-order valence-electron chi connectivity index (χ4n) is 2.21. The Labute approximate surface area is 163 Å². The van der Waals surface area contributed by atoms with E-state index in [1.54, 1.807) is 43.3 Å². The van der Waals surface area contributed by atoms with E-state index in [1.165, 1.54) is 0 Å². The molecule has 0 bridgehead atoms. The molecule has 5 nitrogen and oxygen atoms in total. The first-order chi connectivity index (χ1) is 13.2. The van der Waals surface area contributed by atoms with Crippen molar-refractivity contribution in [1.82, 2.24) is 5.32 Å². The van der Waals surface area contributed by atoms with Crippen LogP contribution in [0.3, 0.4) is 0 Å². The van der Waals surface area contributed by atoms with Crippen LogP contribution < -0.4 is 5.32 Å². The molecule has 0 spiro atoms. The molecule has 1 atom stereocenters. The van der Waals surface area contributed by atoms with Crippen LogP contribution in [0, 0.1) is 11.3 Å². The van der Waals surface area contributed by atoms with Gasteiger partial charge in [-0.25, -0.2) is 4.79 Å². The standard InChI is InChI=1S/C19H15F3N2O3S/c1-12(11-27-18(26)13-5-3-2-4-6-13)24-17(25)16-8-7-15(9-14(16)10-23)28-19(20,21)22/h2-9,12H,11H2,1H3,(H,24,25). The number of hydrogen-bond donors (Lipinski definition) is 1. The topological polar surface area (TPSA) is 79.2 Å². The van der Waals surface area contributed by atoms with Crippen LogP contribution in [-0.4, -0.2) is 30.0 Å². The Bertz CT molecular complexity index is 896. The summed E-state index contributed by atoms with van der Waals surface area (Å²) in [5.74, 6) is -1.20. The Morgan fingerprint density at radius 3 is 2.50 bits per heavy atom. The molecule has 0 radical (unpaired) electrons. The highest BCUT2D eigenvalue weighted by Crippen LogP contribution is 2.37. The van der Waals surface area contributed by atoms with Crippen molar-refractivity contribution >= 4 is 23.6 Å². The number of alkyl halides is 3. The molecular weight excluding hydrogens is 393 g/mol. The van der Waals surface area contributed by atoms with Gasteiger partial charge in [-0.1, -0.05) is 18.2 Å². The molecule has 0 aliphatic heterocycles. The van der Waals surface area contributed by atoms with E-state index in [0.717, 1.165) is 18.2 Å². The molecule has 9 heteroatoms. The minimum Gasteiger partial charge on any atom is -0.460 e. The lowest BCUT2D eigenvalue weighted by atomic mass is 10.1. The largest absolute Gasteiger partial charge is 0.460 e. The normalized spacial score (nSPS) is 12.0. The minimum atomic E-state index is -4.49. The number of ether oxygens (including phenoxy) is 1. The highest BCUT2D eigenvalue weighted by molar-refractivity contribution is 8.00. The molecule has 0 fully saturated rings. The number of halogens is 3. The third-order valence-electron chi connectivity index (χ3n) is 3.44. The zero-order valence-corrected chi connectivity index (χ0v) is 15.4. The van der Waals surface area contributed by atoms with E-state index in [-0.39, 0.29) is 34.4 Å². The number of hydrogen-bond acceptors (Lipinski definition) is 5. The summed E-state index contributed by atoms with van der Waals surface area (Å²) in [5, 5.41) is 11.7. The van der Waals surface area contributed by atoms with Crippen LogP contribution in [0.4, 0.5) is 13.2 Å². The van der Waals surface area contributed by atoms with Gasteiger partial charge in [-0.05, 0) is 49.0 Å². The monoisotopic (exact) mass is 408 g/mol. The highest BCUT2D eigenvalue weighted by atomic mass is 32.2. The first-order valence-electron chi connectivity index (χ1n) is 8.02. The molecule has 0 saturated heterocycles. The summed E-state index contributed by atoms with van der Waals surface area (Å²) in [5.41, 5.74) is -4.37. The van der Waals surface area contributed by atoms with E-state index in [0.29, 0.717) is 5.56 Å². The van der Waals surface area contributed by atoms with Crippen LogP contribution in [0.5, 0.6) is 0 Å². The molecule has 2 aromatic carbocycles. The van der Waals surface area contributed by atoms with Gasteiger partial charge in [0.05, 0.1) is 28.8 Å². The second kappa shape index (κ2) is 9.28. The lowest BCUT2D eigenvalue weighted by molar-refractivity contribution is -0.0328. The summed E-state index contributed by atoms with van der Waals surface area (Å²) in [4.78, 5) is 24.0. The van der Waals surface area contributed by atoms with Gasteiger partial charge in [0.15, 0.2) is 0 Å². The number of carbonyl (C=O) groups is 2. The van der Waals surface area contributed by atoms with Gasteiger partial charge in [-0.2, -0.15) is 18.4 Å². The van der Waals surface area contributed by atoms with Gasteiger partial charge in [0.25, 0.3) is 5.91 Å². The molecule has 2 aromatic rings. The number of nitriles is 1. The smallest absolute Gasteiger partial charge is 0.446 e. The van der Waals surface area contributed by atoms with Crippen molar-refractivity contribution in [2.24, 2.45) is 0 Å². The Kier molecular flexibility index (Phi) is 7.06. The van der Waals surface area contributed by atoms with Gasteiger partial charge in [-0.3, -0.25) is 4.79 Å². The molecule has 1 N–H and O–H groups in total. The van der Waals surface area contributed by atoms with Gasteiger partial charge in [-0.15, -0.1) is 0 Å². The van der Waals surface area contributed by atoms with Gasteiger partial charge in [0, 0.05) is 4.90 Å². The Hall–Kier alpha value is -2.99. The summed E-state index contributed by atoms with van der Waals surface area (Å²) in [6.45, 7) is 1.49. The summed E-state index contributed by atoms with van der Waals surface area (Å²) in [6, 6.07) is 12.7.